The SMILES string of the molecule is c1ccc(-c2ccc(-c3nc(-c4ccccc4)nc(-c4ccc(-n5c6ccc(-c7ccccc7)cc6c6cc7c(cc65)c5ccccc5n7-c5ccccc5)c5c4oc4ccccc45)n3)cc2)cc1. The molecule has 0 bridgehead atoms. The second kappa shape index (κ2) is 15.6. The van der Waals surface area contributed by atoms with Gasteiger partial charge in [-0.3, -0.25) is 0 Å². The van der Waals surface area contributed by atoms with Gasteiger partial charge in [-0.15, -0.1) is 0 Å². The van der Waals surface area contributed by atoms with Crippen LogP contribution < -0.4 is 0 Å². The van der Waals surface area contributed by atoms with Crippen molar-refractivity contribution in [1.29, 1.82) is 0 Å². The smallest absolute Gasteiger partial charge is 0.167 e. The number of para-hydroxylation sites is 3. The summed E-state index contributed by atoms with van der Waals surface area (Å²) >= 11 is 0. The molecule has 14 rings (SSSR count). The molecule has 0 saturated heterocycles. The molecular weight excluding hydrogens is 843 g/mol. The second-order valence-electron chi connectivity index (χ2n) is 17.6. The van der Waals surface area contributed by atoms with E-state index in [1.165, 1.54) is 21.9 Å². The first-order chi connectivity index (χ1) is 34.2. The van der Waals surface area contributed by atoms with Crippen LogP contribution in [0.25, 0.3) is 133 Å². The van der Waals surface area contributed by atoms with Crippen LogP contribution >= 0.6 is 0 Å². The third-order valence-electron chi connectivity index (χ3n) is 13.6. The quantitative estimate of drug-likeness (QED) is 0.160. The molecule has 10 aromatic carbocycles. The Labute approximate surface area is 396 Å². The lowest BCUT2D eigenvalue weighted by Crippen LogP contribution is -2.01. The molecule has 0 amide bonds. The maximum Gasteiger partial charge on any atom is 0.167 e. The van der Waals surface area contributed by atoms with Crippen molar-refractivity contribution < 1.29 is 4.42 Å². The highest BCUT2D eigenvalue weighted by Gasteiger charge is 2.25. The summed E-state index contributed by atoms with van der Waals surface area (Å²) in [7, 11) is 0. The minimum Gasteiger partial charge on any atom is -0.455 e. The van der Waals surface area contributed by atoms with Gasteiger partial charge in [0.25, 0.3) is 0 Å². The van der Waals surface area contributed by atoms with E-state index in [4.69, 9.17) is 19.4 Å². The summed E-state index contributed by atoms with van der Waals surface area (Å²) in [6.07, 6.45) is 0. The van der Waals surface area contributed by atoms with Gasteiger partial charge in [-0.2, -0.15) is 0 Å². The number of hydrogen-bond donors (Lipinski definition) is 0. The molecule has 0 aliphatic rings. The van der Waals surface area contributed by atoms with Crippen LogP contribution in [0.5, 0.6) is 0 Å². The number of hydrogen-bond acceptors (Lipinski definition) is 4. The fourth-order valence-electron chi connectivity index (χ4n) is 10.4. The third kappa shape index (κ3) is 6.30. The Hall–Kier alpha value is -9.39. The van der Waals surface area contributed by atoms with E-state index >= 15 is 0 Å². The van der Waals surface area contributed by atoms with Crippen molar-refractivity contribution in [2.75, 3.05) is 0 Å². The number of fused-ring (bicyclic) bond motifs is 9. The normalized spacial score (nSPS) is 11.8. The molecule has 0 N–H and O–H groups in total. The maximum atomic E-state index is 7.00. The van der Waals surface area contributed by atoms with E-state index in [0.717, 1.165) is 88.4 Å². The van der Waals surface area contributed by atoms with Crippen LogP contribution in [-0.2, 0) is 0 Å². The largest absolute Gasteiger partial charge is 0.455 e. The van der Waals surface area contributed by atoms with E-state index in [2.05, 4.69) is 197 Å². The molecule has 322 valence electrons. The van der Waals surface area contributed by atoms with E-state index in [-0.39, 0.29) is 0 Å². The molecule has 6 nitrogen and oxygen atoms in total. The van der Waals surface area contributed by atoms with E-state index in [0.29, 0.717) is 23.1 Å². The molecule has 0 aliphatic carbocycles. The van der Waals surface area contributed by atoms with Gasteiger partial charge in [0.1, 0.15) is 11.2 Å². The lowest BCUT2D eigenvalue weighted by atomic mass is 10.0. The van der Waals surface area contributed by atoms with Gasteiger partial charge in [-0.1, -0.05) is 176 Å². The van der Waals surface area contributed by atoms with Gasteiger partial charge in [0.05, 0.1) is 38.7 Å². The summed E-state index contributed by atoms with van der Waals surface area (Å²) in [6, 6.07) is 83.4. The summed E-state index contributed by atoms with van der Waals surface area (Å²) < 4.78 is 11.8. The van der Waals surface area contributed by atoms with E-state index < -0.39 is 0 Å². The molecule has 0 spiro atoms. The molecule has 14 aromatic rings. The van der Waals surface area contributed by atoms with Crippen LogP contribution in [0.2, 0.25) is 0 Å². The number of benzene rings is 10. The minimum absolute atomic E-state index is 0.534. The number of furan rings is 1. The molecule has 4 heterocycles. The van der Waals surface area contributed by atoms with Crippen molar-refractivity contribution in [3.8, 4) is 67.8 Å². The lowest BCUT2D eigenvalue weighted by Gasteiger charge is -2.13. The summed E-state index contributed by atoms with van der Waals surface area (Å²) in [5.74, 6) is 1.71. The van der Waals surface area contributed by atoms with Crippen molar-refractivity contribution >= 4 is 65.6 Å². The molecule has 6 heteroatoms. The number of nitrogens with zero attached hydrogens (tertiary/aromatic N) is 5. The minimum atomic E-state index is 0.534. The van der Waals surface area contributed by atoms with Gasteiger partial charge in [0.2, 0.25) is 0 Å². The highest BCUT2D eigenvalue weighted by atomic mass is 16.3. The lowest BCUT2D eigenvalue weighted by molar-refractivity contribution is 0.669. The Morgan fingerprint density at radius 3 is 1.49 bits per heavy atom. The zero-order chi connectivity index (χ0) is 45.4. The first kappa shape index (κ1) is 38.8. The highest BCUT2D eigenvalue weighted by molar-refractivity contribution is 6.21. The predicted molar refractivity (Wildman–Crippen MR) is 283 cm³/mol. The van der Waals surface area contributed by atoms with E-state index in [1.807, 2.05) is 48.5 Å². The Bertz CT molecular complexity index is 4270. The van der Waals surface area contributed by atoms with Gasteiger partial charge in [-0.05, 0) is 82.9 Å². The number of rotatable bonds is 7. The van der Waals surface area contributed by atoms with Crippen LogP contribution in [-0.4, -0.2) is 24.1 Å². The molecule has 0 unspecified atom stereocenters. The maximum absolute atomic E-state index is 7.00. The monoisotopic (exact) mass is 881 g/mol. The van der Waals surface area contributed by atoms with Gasteiger partial charge in [-0.25, -0.2) is 15.0 Å². The van der Waals surface area contributed by atoms with Gasteiger partial charge in [0.15, 0.2) is 17.5 Å². The summed E-state index contributed by atoms with van der Waals surface area (Å²) in [6.45, 7) is 0. The van der Waals surface area contributed by atoms with Gasteiger partial charge >= 0.3 is 0 Å². The summed E-state index contributed by atoms with van der Waals surface area (Å²) in [5.41, 5.74) is 15.3. The molecule has 0 saturated carbocycles. The first-order valence-electron chi connectivity index (χ1n) is 23.3. The Balaban J connectivity index is 1.04. The van der Waals surface area contributed by atoms with E-state index in [9.17, 15) is 0 Å². The van der Waals surface area contributed by atoms with Crippen LogP contribution in [0.1, 0.15) is 0 Å². The summed E-state index contributed by atoms with van der Waals surface area (Å²) in [4.78, 5) is 15.6. The zero-order valence-electron chi connectivity index (χ0n) is 37.2. The fourth-order valence-corrected chi connectivity index (χ4v) is 10.4. The zero-order valence-corrected chi connectivity index (χ0v) is 37.2. The van der Waals surface area contributed by atoms with Gasteiger partial charge < -0.3 is 13.6 Å². The molecule has 0 atom stereocenters. The average molecular weight is 882 g/mol. The Morgan fingerprint density at radius 2 is 0.783 bits per heavy atom. The van der Waals surface area contributed by atoms with Crippen molar-refractivity contribution in [2.24, 2.45) is 0 Å². The van der Waals surface area contributed by atoms with Crippen molar-refractivity contribution in [3.63, 3.8) is 0 Å². The standard InChI is InChI=1S/C63H39N5O/c1-5-17-40(18-6-1)42-29-31-44(32-30-42)62-64-61(43-21-9-3-10-22-43)65-63(66-62)49-34-36-55(59-48-26-14-16-28-58(48)69-60(49)59)68-54-35-33-45(41-19-7-2-8-20-41)37-50(54)52-39-56-51(38-57(52)68)47-25-13-15-27-53(47)67(56)46-23-11-4-12-24-46/h1-39H. The van der Waals surface area contributed by atoms with Crippen molar-refractivity contribution in [2.45, 2.75) is 0 Å². The topological polar surface area (TPSA) is 61.7 Å². The van der Waals surface area contributed by atoms with Crippen molar-refractivity contribution in [3.05, 3.63) is 237 Å². The van der Waals surface area contributed by atoms with Crippen LogP contribution in [0.15, 0.2) is 241 Å². The second-order valence-corrected chi connectivity index (χ2v) is 17.6. The third-order valence-corrected chi connectivity index (χ3v) is 13.6. The number of aromatic nitrogens is 5. The molecule has 0 aliphatic heterocycles. The molecule has 69 heavy (non-hydrogen) atoms. The van der Waals surface area contributed by atoms with Crippen molar-refractivity contribution in [1.82, 2.24) is 24.1 Å². The van der Waals surface area contributed by atoms with Crippen LogP contribution in [0.4, 0.5) is 0 Å². The molecule has 0 fully saturated rings. The Kier molecular flexibility index (Phi) is 8.79. The van der Waals surface area contributed by atoms with Crippen LogP contribution in [0, 0.1) is 0 Å². The molecular formula is C63H39N5O. The van der Waals surface area contributed by atoms with E-state index in [1.54, 1.807) is 0 Å². The molecule has 0 radical (unpaired) electrons. The average Bonchev–Trinajstić information content (AvgIpc) is 4.08. The molecule has 4 aromatic heterocycles. The fraction of sp³-hybridized carbons (Fsp3) is 0. The van der Waals surface area contributed by atoms with Crippen LogP contribution in [0.3, 0.4) is 0 Å². The summed E-state index contributed by atoms with van der Waals surface area (Å²) in [5, 5.41) is 6.70. The Morgan fingerprint density at radius 1 is 0.304 bits per heavy atom. The highest BCUT2D eigenvalue weighted by Crippen LogP contribution is 2.45. The predicted octanol–water partition coefficient (Wildman–Crippen LogP) is 16.3. The first-order valence-corrected chi connectivity index (χ1v) is 23.3. The van der Waals surface area contributed by atoms with Gasteiger partial charge in [0, 0.05) is 43.7 Å².